The van der Waals surface area contributed by atoms with Crippen LogP contribution in [0.3, 0.4) is 0 Å². The van der Waals surface area contributed by atoms with Crippen molar-refractivity contribution < 1.29 is 23.7 Å². The molecule has 194 valence electrons. The number of ether oxygens (including phenoxy) is 4. The number of rotatable bonds is 10. The Bertz CT molecular complexity index is 1470. The van der Waals surface area contributed by atoms with Gasteiger partial charge in [0.25, 0.3) is 5.56 Å². The Morgan fingerprint density at radius 1 is 1.08 bits per heavy atom. The molecule has 1 atom stereocenters. The van der Waals surface area contributed by atoms with Gasteiger partial charge < -0.3 is 18.9 Å². The highest BCUT2D eigenvalue weighted by atomic mass is 32.1. The molecule has 0 saturated carbocycles. The number of para-hydroxylation sites is 1. The molecule has 1 aliphatic rings. The molecule has 1 aromatic heterocycles. The fourth-order valence-electron chi connectivity index (χ4n) is 4.10. The van der Waals surface area contributed by atoms with Gasteiger partial charge >= 0.3 is 5.97 Å². The van der Waals surface area contributed by atoms with E-state index in [4.69, 9.17) is 18.9 Å². The van der Waals surface area contributed by atoms with Crippen LogP contribution >= 0.6 is 11.3 Å². The number of aromatic nitrogens is 1. The van der Waals surface area contributed by atoms with Gasteiger partial charge in [0.2, 0.25) is 0 Å². The average molecular weight is 523 g/mol. The maximum Gasteiger partial charge on any atom is 0.338 e. The lowest BCUT2D eigenvalue weighted by molar-refractivity contribution is -0.140. The minimum absolute atomic E-state index is 0.0904. The zero-order chi connectivity index (χ0) is 26.4. The lowest BCUT2D eigenvalue weighted by atomic mass is 9.95. The zero-order valence-corrected chi connectivity index (χ0v) is 22.2. The van der Waals surface area contributed by atoms with Crippen molar-refractivity contribution in [2.24, 2.45) is 4.99 Å². The second-order valence-corrected chi connectivity index (χ2v) is 9.38. The van der Waals surface area contributed by atoms with Gasteiger partial charge in [-0.15, -0.1) is 0 Å². The number of allylic oxidation sites excluding steroid dienone is 1. The van der Waals surface area contributed by atoms with Crippen molar-refractivity contribution in [2.75, 3.05) is 34.0 Å². The van der Waals surface area contributed by atoms with Crippen molar-refractivity contribution in [2.45, 2.75) is 26.3 Å². The van der Waals surface area contributed by atoms with Crippen LogP contribution in [0.1, 0.15) is 37.4 Å². The normalized spacial score (nSPS) is 15.2. The number of carbonyl (C=O) groups excluding carboxylic acids is 1. The van der Waals surface area contributed by atoms with Gasteiger partial charge in [-0.25, -0.2) is 9.79 Å². The number of fused-ring (bicyclic) bond motifs is 1. The highest BCUT2D eigenvalue weighted by Crippen LogP contribution is 2.35. The molecule has 0 N–H and O–H groups in total. The molecule has 0 saturated heterocycles. The number of hydrogen-bond acceptors (Lipinski definition) is 8. The molecule has 0 fully saturated rings. The SMILES string of the molecule is CCCOc1ccc(C=c2sc3n(c2=O)C(c2ccccc2OC)C(C(=O)OCCOC)=C(C)N=3)cc1. The van der Waals surface area contributed by atoms with E-state index in [1.54, 1.807) is 24.7 Å². The number of esters is 1. The standard InChI is InChI=1S/C28H30N2O6S/c1-5-14-35-20-12-10-19(11-13-20)17-23-26(31)30-25(21-8-6-7-9-22(21)34-4)24(18(2)29-28(30)37-23)27(32)36-16-15-33-3/h6-13,17,25H,5,14-16H2,1-4H3. The molecule has 0 amide bonds. The lowest BCUT2D eigenvalue weighted by Crippen LogP contribution is -2.40. The van der Waals surface area contributed by atoms with Gasteiger partial charge in [-0.2, -0.15) is 0 Å². The molecule has 2 heterocycles. The fourth-order valence-corrected chi connectivity index (χ4v) is 5.14. The first kappa shape index (κ1) is 26.4. The van der Waals surface area contributed by atoms with Gasteiger partial charge in [0, 0.05) is 12.7 Å². The third kappa shape index (κ3) is 5.68. The molecule has 0 spiro atoms. The van der Waals surface area contributed by atoms with Crippen LogP contribution < -0.4 is 24.4 Å². The minimum atomic E-state index is -0.755. The molecule has 4 rings (SSSR count). The molecule has 3 aromatic rings. The van der Waals surface area contributed by atoms with E-state index in [-0.39, 0.29) is 24.3 Å². The monoisotopic (exact) mass is 522 g/mol. The second kappa shape index (κ2) is 12.0. The van der Waals surface area contributed by atoms with Gasteiger partial charge in [0.05, 0.1) is 36.1 Å². The van der Waals surface area contributed by atoms with Crippen molar-refractivity contribution in [1.82, 2.24) is 4.57 Å². The molecule has 0 radical (unpaired) electrons. The molecule has 1 unspecified atom stereocenters. The third-order valence-electron chi connectivity index (χ3n) is 5.85. The Balaban J connectivity index is 1.83. The average Bonchev–Trinajstić information content (AvgIpc) is 3.21. The minimum Gasteiger partial charge on any atom is -0.496 e. The van der Waals surface area contributed by atoms with E-state index in [0.29, 0.717) is 33.0 Å². The Labute approximate surface area is 219 Å². The number of benzene rings is 2. The molecule has 8 nitrogen and oxygen atoms in total. The van der Waals surface area contributed by atoms with Gasteiger partial charge in [-0.1, -0.05) is 48.6 Å². The Kier molecular flexibility index (Phi) is 8.58. The molecule has 37 heavy (non-hydrogen) atoms. The van der Waals surface area contributed by atoms with Crippen molar-refractivity contribution in [3.05, 3.63) is 90.6 Å². The Morgan fingerprint density at radius 2 is 1.84 bits per heavy atom. The van der Waals surface area contributed by atoms with E-state index in [9.17, 15) is 9.59 Å². The van der Waals surface area contributed by atoms with Crippen LogP contribution in [0, 0.1) is 0 Å². The molecular weight excluding hydrogens is 492 g/mol. The smallest absolute Gasteiger partial charge is 0.338 e. The zero-order valence-electron chi connectivity index (χ0n) is 21.4. The predicted octanol–water partition coefficient (Wildman–Crippen LogP) is 3.22. The largest absolute Gasteiger partial charge is 0.496 e. The first-order chi connectivity index (χ1) is 18.0. The van der Waals surface area contributed by atoms with Gasteiger partial charge in [0.1, 0.15) is 24.1 Å². The first-order valence-corrected chi connectivity index (χ1v) is 12.8. The summed E-state index contributed by atoms with van der Waals surface area (Å²) in [5, 5.41) is 0. The van der Waals surface area contributed by atoms with Gasteiger partial charge in [-0.3, -0.25) is 9.36 Å². The maximum absolute atomic E-state index is 13.8. The summed E-state index contributed by atoms with van der Waals surface area (Å²) in [6.07, 6.45) is 2.75. The predicted molar refractivity (Wildman–Crippen MR) is 142 cm³/mol. The highest BCUT2D eigenvalue weighted by molar-refractivity contribution is 7.07. The number of carbonyl (C=O) groups is 1. The number of hydrogen-bond donors (Lipinski definition) is 0. The summed E-state index contributed by atoms with van der Waals surface area (Å²) in [7, 11) is 3.09. The molecular formula is C28H30N2O6S. The molecule has 2 aromatic carbocycles. The molecule has 0 bridgehead atoms. The number of methoxy groups -OCH3 is 2. The van der Waals surface area contributed by atoms with Crippen LogP contribution in [0.25, 0.3) is 6.08 Å². The van der Waals surface area contributed by atoms with Crippen LogP contribution in [-0.2, 0) is 14.3 Å². The van der Waals surface area contributed by atoms with Crippen LogP contribution in [0.15, 0.2) is 69.6 Å². The molecule has 9 heteroatoms. The summed E-state index contributed by atoms with van der Waals surface area (Å²) in [6, 6.07) is 14.2. The van der Waals surface area contributed by atoms with Crippen LogP contribution in [0.5, 0.6) is 11.5 Å². The van der Waals surface area contributed by atoms with Crippen LogP contribution in [-0.4, -0.2) is 44.6 Å². The van der Waals surface area contributed by atoms with E-state index in [1.807, 2.05) is 48.5 Å². The summed E-state index contributed by atoms with van der Waals surface area (Å²) in [5.74, 6) is 0.789. The topological polar surface area (TPSA) is 88.4 Å². The lowest BCUT2D eigenvalue weighted by Gasteiger charge is -2.26. The molecule has 0 aliphatic carbocycles. The summed E-state index contributed by atoms with van der Waals surface area (Å²) < 4.78 is 23.8. The van der Waals surface area contributed by atoms with Crippen molar-refractivity contribution in [1.29, 1.82) is 0 Å². The Morgan fingerprint density at radius 3 is 2.54 bits per heavy atom. The fraction of sp³-hybridized carbons (Fsp3) is 0.321. The third-order valence-corrected chi connectivity index (χ3v) is 6.83. The summed E-state index contributed by atoms with van der Waals surface area (Å²) in [6.45, 7) is 4.81. The van der Waals surface area contributed by atoms with Gasteiger partial charge in [-0.05, 0) is 43.2 Å². The Hall–Kier alpha value is -3.69. The van der Waals surface area contributed by atoms with E-state index in [1.165, 1.54) is 18.4 Å². The van der Waals surface area contributed by atoms with E-state index >= 15 is 0 Å². The highest BCUT2D eigenvalue weighted by Gasteiger charge is 2.35. The number of nitrogens with zero attached hydrogens (tertiary/aromatic N) is 2. The van der Waals surface area contributed by atoms with Gasteiger partial charge in [0.15, 0.2) is 4.80 Å². The van der Waals surface area contributed by atoms with Crippen LogP contribution in [0.4, 0.5) is 0 Å². The van der Waals surface area contributed by atoms with Crippen molar-refractivity contribution >= 4 is 23.4 Å². The van der Waals surface area contributed by atoms with Crippen LogP contribution in [0.2, 0.25) is 0 Å². The second-order valence-electron chi connectivity index (χ2n) is 8.37. The summed E-state index contributed by atoms with van der Waals surface area (Å²) in [4.78, 5) is 32.1. The van der Waals surface area contributed by atoms with E-state index in [2.05, 4.69) is 11.9 Å². The quantitative estimate of drug-likeness (QED) is 0.300. The van der Waals surface area contributed by atoms with Crippen molar-refractivity contribution in [3.8, 4) is 11.5 Å². The van der Waals surface area contributed by atoms with E-state index < -0.39 is 12.0 Å². The summed E-state index contributed by atoms with van der Waals surface area (Å²) >= 11 is 1.28. The van der Waals surface area contributed by atoms with Crippen molar-refractivity contribution in [3.63, 3.8) is 0 Å². The molecule has 1 aliphatic heterocycles. The summed E-state index contributed by atoms with van der Waals surface area (Å²) in [5.41, 5.74) is 2.06. The maximum atomic E-state index is 13.8. The van der Waals surface area contributed by atoms with E-state index in [0.717, 1.165) is 17.7 Å². The number of thiazole rings is 1. The first-order valence-electron chi connectivity index (χ1n) is 12.0.